The van der Waals surface area contributed by atoms with E-state index in [-0.39, 0.29) is 11.3 Å². The summed E-state index contributed by atoms with van der Waals surface area (Å²) >= 11 is 0. The minimum absolute atomic E-state index is 0.0762. The Hall–Kier alpha value is -3.32. The summed E-state index contributed by atoms with van der Waals surface area (Å²) in [7, 11) is 3.93. The lowest BCUT2D eigenvalue weighted by Gasteiger charge is -2.27. The standard InChI is InChI=1S/C29H38N2O5/c1-7-35-24-12-9-8-11-22(24)26-25(28(33)29(34)31(26)16-10-15-30(5)6)27(32)21-13-14-23(20(4)17-21)36-18-19(2)3/h8-9,11-14,17,19,26,32H,7,10,15-16,18H2,1-6H3/t26-/m0/s1. The third-order valence-electron chi connectivity index (χ3n) is 6.08. The SMILES string of the molecule is CCOc1ccccc1[C@H]1C(=C(O)c2ccc(OCC(C)C)c(C)c2)C(=O)C(=O)N1CCCN(C)C. The molecular weight excluding hydrogens is 456 g/mol. The number of hydrogen-bond donors (Lipinski definition) is 1. The van der Waals surface area contributed by atoms with Gasteiger partial charge in [-0.05, 0) is 76.7 Å². The monoisotopic (exact) mass is 494 g/mol. The number of benzene rings is 2. The zero-order valence-electron chi connectivity index (χ0n) is 22.2. The molecule has 1 saturated heterocycles. The Bertz CT molecular complexity index is 1120. The summed E-state index contributed by atoms with van der Waals surface area (Å²) in [6.07, 6.45) is 0.689. The van der Waals surface area contributed by atoms with Gasteiger partial charge in [-0.2, -0.15) is 0 Å². The first-order valence-electron chi connectivity index (χ1n) is 12.5. The molecule has 2 aromatic rings. The number of amides is 1. The van der Waals surface area contributed by atoms with E-state index in [0.29, 0.717) is 49.0 Å². The van der Waals surface area contributed by atoms with Crippen LogP contribution in [0.25, 0.3) is 5.76 Å². The number of ketones is 1. The molecular formula is C29H38N2O5. The van der Waals surface area contributed by atoms with Crippen molar-refractivity contribution in [3.8, 4) is 11.5 Å². The third-order valence-corrected chi connectivity index (χ3v) is 6.08. The number of nitrogens with zero attached hydrogens (tertiary/aromatic N) is 2. The second-order valence-corrected chi connectivity index (χ2v) is 9.81. The molecule has 0 saturated carbocycles. The number of carbonyl (C=O) groups is 2. The van der Waals surface area contributed by atoms with E-state index in [2.05, 4.69) is 13.8 Å². The van der Waals surface area contributed by atoms with Crippen molar-refractivity contribution in [1.29, 1.82) is 0 Å². The first kappa shape index (κ1) is 27.3. The second-order valence-electron chi connectivity index (χ2n) is 9.81. The van der Waals surface area contributed by atoms with Crippen LogP contribution in [0, 0.1) is 12.8 Å². The van der Waals surface area contributed by atoms with Gasteiger partial charge >= 0.3 is 0 Å². The molecule has 1 heterocycles. The molecule has 1 fully saturated rings. The molecule has 7 heteroatoms. The van der Waals surface area contributed by atoms with E-state index in [0.717, 1.165) is 17.9 Å². The van der Waals surface area contributed by atoms with Crippen LogP contribution in [0.2, 0.25) is 0 Å². The van der Waals surface area contributed by atoms with Gasteiger partial charge in [-0.1, -0.05) is 32.0 Å². The van der Waals surface area contributed by atoms with Crippen LogP contribution in [0.15, 0.2) is 48.0 Å². The first-order valence-corrected chi connectivity index (χ1v) is 12.5. The van der Waals surface area contributed by atoms with E-state index < -0.39 is 17.7 Å². The largest absolute Gasteiger partial charge is 0.507 e. The Balaban J connectivity index is 2.09. The van der Waals surface area contributed by atoms with Crippen molar-refractivity contribution in [3.63, 3.8) is 0 Å². The summed E-state index contributed by atoms with van der Waals surface area (Å²) in [6.45, 7) is 10.1. The van der Waals surface area contributed by atoms with Crippen molar-refractivity contribution >= 4 is 17.4 Å². The molecule has 1 N–H and O–H groups in total. The van der Waals surface area contributed by atoms with Crippen LogP contribution in [0.3, 0.4) is 0 Å². The number of aliphatic hydroxyl groups is 1. The van der Waals surface area contributed by atoms with Crippen molar-refractivity contribution in [2.75, 3.05) is 40.4 Å². The van der Waals surface area contributed by atoms with E-state index in [1.54, 1.807) is 23.1 Å². The van der Waals surface area contributed by atoms with Crippen molar-refractivity contribution in [3.05, 3.63) is 64.7 Å². The number of rotatable bonds is 11. The zero-order chi connectivity index (χ0) is 26.4. The number of aryl methyl sites for hydroxylation is 1. The van der Waals surface area contributed by atoms with Gasteiger partial charge in [0.2, 0.25) is 0 Å². The first-order chi connectivity index (χ1) is 17.1. The molecule has 2 aromatic carbocycles. The lowest BCUT2D eigenvalue weighted by atomic mass is 9.94. The summed E-state index contributed by atoms with van der Waals surface area (Å²) in [4.78, 5) is 30.1. The van der Waals surface area contributed by atoms with Crippen LogP contribution in [-0.4, -0.2) is 67.0 Å². The maximum absolute atomic E-state index is 13.3. The maximum atomic E-state index is 13.3. The zero-order valence-corrected chi connectivity index (χ0v) is 22.2. The van der Waals surface area contributed by atoms with Crippen LogP contribution in [0.4, 0.5) is 0 Å². The molecule has 0 spiro atoms. The molecule has 0 bridgehead atoms. The fraction of sp³-hybridized carbons (Fsp3) is 0.448. The number of carbonyl (C=O) groups excluding carboxylic acids is 2. The quantitative estimate of drug-likeness (QED) is 0.275. The molecule has 194 valence electrons. The van der Waals surface area contributed by atoms with Crippen LogP contribution >= 0.6 is 0 Å². The molecule has 0 radical (unpaired) electrons. The Labute approximate surface area is 214 Å². The summed E-state index contributed by atoms with van der Waals surface area (Å²) in [5.74, 6) is 0.197. The number of Topliss-reactive ketones (excluding diaryl/α,β-unsaturated/α-hetero) is 1. The summed E-state index contributed by atoms with van der Waals surface area (Å²) < 4.78 is 11.7. The van der Waals surface area contributed by atoms with E-state index in [1.165, 1.54) is 0 Å². The molecule has 1 amide bonds. The highest BCUT2D eigenvalue weighted by atomic mass is 16.5. The molecule has 0 unspecified atom stereocenters. The van der Waals surface area contributed by atoms with Crippen LogP contribution in [-0.2, 0) is 9.59 Å². The molecule has 7 nitrogen and oxygen atoms in total. The minimum Gasteiger partial charge on any atom is -0.507 e. The van der Waals surface area contributed by atoms with E-state index in [4.69, 9.17) is 9.47 Å². The van der Waals surface area contributed by atoms with Crippen molar-refractivity contribution in [2.24, 2.45) is 5.92 Å². The highest BCUT2D eigenvalue weighted by molar-refractivity contribution is 6.46. The molecule has 36 heavy (non-hydrogen) atoms. The van der Waals surface area contributed by atoms with Gasteiger partial charge in [-0.25, -0.2) is 0 Å². The van der Waals surface area contributed by atoms with Gasteiger partial charge in [0, 0.05) is 17.7 Å². The minimum atomic E-state index is -0.743. The van der Waals surface area contributed by atoms with E-state index in [1.807, 2.05) is 57.1 Å². The summed E-state index contributed by atoms with van der Waals surface area (Å²) in [5, 5.41) is 11.4. The van der Waals surface area contributed by atoms with E-state index in [9.17, 15) is 14.7 Å². The number of likely N-dealkylation sites (tertiary alicyclic amines) is 1. The van der Waals surface area contributed by atoms with Gasteiger partial charge in [0.05, 0.1) is 24.8 Å². The Morgan fingerprint density at radius 3 is 2.44 bits per heavy atom. The predicted octanol–water partition coefficient (Wildman–Crippen LogP) is 4.80. The van der Waals surface area contributed by atoms with Crippen LogP contribution in [0.1, 0.15) is 49.9 Å². The lowest BCUT2D eigenvalue weighted by Crippen LogP contribution is -2.32. The van der Waals surface area contributed by atoms with Crippen molar-refractivity contribution < 1.29 is 24.2 Å². The smallest absolute Gasteiger partial charge is 0.295 e. The van der Waals surface area contributed by atoms with Crippen molar-refractivity contribution in [1.82, 2.24) is 9.80 Å². The molecule has 3 rings (SSSR count). The summed E-state index contributed by atoms with van der Waals surface area (Å²) in [6, 6.07) is 11.9. The summed E-state index contributed by atoms with van der Waals surface area (Å²) in [5.41, 5.74) is 2.06. The highest BCUT2D eigenvalue weighted by Crippen LogP contribution is 2.43. The fourth-order valence-corrected chi connectivity index (χ4v) is 4.36. The maximum Gasteiger partial charge on any atom is 0.295 e. The Morgan fingerprint density at radius 2 is 1.81 bits per heavy atom. The molecule has 1 aliphatic heterocycles. The van der Waals surface area contributed by atoms with Crippen molar-refractivity contribution in [2.45, 2.75) is 40.2 Å². The highest BCUT2D eigenvalue weighted by Gasteiger charge is 2.46. The van der Waals surface area contributed by atoms with E-state index >= 15 is 0 Å². The fourth-order valence-electron chi connectivity index (χ4n) is 4.36. The number of ether oxygens (including phenoxy) is 2. The van der Waals surface area contributed by atoms with Gasteiger partial charge in [-0.3, -0.25) is 9.59 Å². The van der Waals surface area contributed by atoms with Crippen LogP contribution < -0.4 is 9.47 Å². The predicted molar refractivity (Wildman–Crippen MR) is 141 cm³/mol. The van der Waals surface area contributed by atoms with Gasteiger partial charge in [0.25, 0.3) is 11.7 Å². The molecule has 1 atom stereocenters. The lowest BCUT2D eigenvalue weighted by molar-refractivity contribution is -0.140. The topological polar surface area (TPSA) is 79.3 Å². The average Bonchev–Trinajstić information content (AvgIpc) is 3.08. The number of para-hydroxylation sites is 1. The van der Waals surface area contributed by atoms with Gasteiger partial charge in [0.15, 0.2) is 0 Å². The number of aliphatic hydroxyl groups excluding tert-OH is 1. The normalized spacial score (nSPS) is 17.3. The Kier molecular flexibility index (Phi) is 9.15. The van der Waals surface area contributed by atoms with Gasteiger partial charge < -0.3 is 24.4 Å². The second kappa shape index (κ2) is 12.1. The molecule has 0 aromatic heterocycles. The average molecular weight is 495 g/mol. The van der Waals surface area contributed by atoms with Gasteiger partial charge in [-0.15, -0.1) is 0 Å². The third kappa shape index (κ3) is 6.08. The van der Waals surface area contributed by atoms with Gasteiger partial charge in [0.1, 0.15) is 17.3 Å². The van der Waals surface area contributed by atoms with Crippen LogP contribution in [0.5, 0.6) is 11.5 Å². The molecule has 1 aliphatic rings. The number of hydrogen-bond acceptors (Lipinski definition) is 6. The Morgan fingerprint density at radius 1 is 1.08 bits per heavy atom. The molecule has 0 aliphatic carbocycles.